The zero-order chi connectivity index (χ0) is 18.9. The van der Waals surface area contributed by atoms with Crippen molar-refractivity contribution in [1.82, 2.24) is 20.4 Å². The number of ether oxygens (including phenoxy) is 1. The highest BCUT2D eigenvalue weighted by atomic mass is 127. The number of aliphatic imine (C=N–C) groups is 1. The van der Waals surface area contributed by atoms with Gasteiger partial charge in [-0.05, 0) is 38.8 Å². The number of hydrogen-bond donors (Lipinski definition) is 2. The van der Waals surface area contributed by atoms with E-state index in [1.165, 1.54) is 22.4 Å². The summed E-state index contributed by atoms with van der Waals surface area (Å²) in [5.74, 6) is 0.807. The molecule has 0 bridgehead atoms. The highest BCUT2D eigenvalue weighted by Gasteiger charge is 2.10. The van der Waals surface area contributed by atoms with Gasteiger partial charge in [0, 0.05) is 38.0 Å². The first-order valence-corrected chi connectivity index (χ1v) is 9.22. The van der Waals surface area contributed by atoms with Crippen molar-refractivity contribution in [2.45, 2.75) is 47.4 Å². The van der Waals surface area contributed by atoms with Crippen LogP contribution < -0.4 is 10.6 Å². The Labute approximate surface area is 179 Å². The summed E-state index contributed by atoms with van der Waals surface area (Å²) in [7, 11) is 1.97. The topological polar surface area (TPSA) is 63.5 Å². The van der Waals surface area contributed by atoms with Crippen LogP contribution >= 0.6 is 24.0 Å². The zero-order valence-corrected chi connectivity index (χ0v) is 19.3. The van der Waals surface area contributed by atoms with Crippen molar-refractivity contribution in [2.24, 2.45) is 12.0 Å². The second-order valence-electron chi connectivity index (χ2n) is 6.23. The molecule has 150 valence electrons. The molecule has 0 spiro atoms. The molecule has 0 aliphatic carbocycles. The van der Waals surface area contributed by atoms with Crippen LogP contribution in [0.4, 0.5) is 0 Å². The van der Waals surface area contributed by atoms with Gasteiger partial charge in [0.2, 0.25) is 0 Å². The lowest BCUT2D eigenvalue weighted by atomic mass is 10.1. The first-order chi connectivity index (χ1) is 12.6. The molecule has 1 aromatic heterocycles. The Morgan fingerprint density at radius 2 is 1.85 bits per heavy atom. The minimum atomic E-state index is 0. The fraction of sp³-hybridized carbons (Fsp3) is 0.500. The lowest BCUT2D eigenvalue weighted by Gasteiger charge is -2.13. The van der Waals surface area contributed by atoms with Gasteiger partial charge in [0.05, 0.1) is 18.8 Å². The number of benzene rings is 1. The van der Waals surface area contributed by atoms with E-state index in [1.54, 1.807) is 0 Å². The molecule has 0 unspecified atom stereocenters. The predicted molar refractivity (Wildman–Crippen MR) is 122 cm³/mol. The molecular weight excluding hydrogens is 453 g/mol. The quantitative estimate of drug-likeness (QED) is 0.342. The van der Waals surface area contributed by atoms with Crippen molar-refractivity contribution in [2.75, 3.05) is 13.2 Å². The Morgan fingerprint density at radius 3 is 2.44 bits per heavy atom. The van der Waals surface area contributed by atoms with E-state index >= 15 is 0 Å². The summed E-state index contributed by atoms with van der Waals surface area (Å²) in [5, 5.41) is 11.2. The second kappa shape index (κ2) is 12.0. The Bertz CT molecular complexity index is 742. The van der Waals surface area contributed by atoms with Gasteiger partial charge < -0.3 is 15.4 Å². The largest absolute Gasteiger partial charge is 0.377 e. The standard InChI is InChI=1S/C20H31N5O.HI/c1-6-21-20(23-13-19-15(3)24-25(5)16(19)4)22-12-17-10-8-9-11-18(17)14-26-7-2;/h8-11H,6-7,12-14H2,1-5H3,(H2,21,22,23);1H. The van der Waals surface area contributed by atoms with E-state index in [0.717, 1.165) is 18.2 Å². The molecule has 6 nitrogen and oxygen atoms in total. The van der Waals surface area contributed by atoms with Crippen LogP contribution in [0.5, 0.6) is 0 Å². The van der Waals surface area contributed by atoms with E-state index in [0.29, 0.717) is 26.3 Å². The highest BCUT2D eigenvalue weighted by molar-refractivity contribution is 14.0. The Hall–Kier alpha value is -1.61. The Balaban J connectivity index is 0.00000364. The molecule has 0 saturated carbocycles. The normalized spacial score (nSPS) is 11.2. The summed E-state index contributed by atoms with van der Waals surface area (Å²) in [4.78, 5) is 4.75. The monoisotopic (exact) mass is 485 g/mol. The van der Waals surface area contributed by atoms with Crippen LogP contribution in [0.15, 0.2) is 29.3 Å². The molecule has 0 atom stereocenters. The predicted octanol–water partition coefficient (Wildman–Crippen LogP) is 3.45. The fourth-order valence-corrected chi connectivity index (χ4v) is 2.82. The maximum Gasteiger partial charge on any atom is 0.191 e. The summed E-state index contributed by atoms with van der Waals surface area (Å²) < 4.78 is 7.48. The van der Waals surface area contributed by atoms with Gasteiger partial charge in [-0.3, -0.25) is 4.68 Å². The molecule has 1 heterocycles. The minimum absolute atomic E-state index is 0. The molecule has 1 aromatic carbocycles. The molecule has 7 heteroatoms. The average Bonchev–Trinajstić information content (AvgIpc) is 2.88. The van der Waals surface area contributed by atoms with Crippen LogP contribution in [0.2, 0.25) is 0 Å². The summed E-state index contributed by atoms with van der Waals surface area (Å²) in [6, 6.07) is 8.29. The zero-order valence-electron chi connectivity index (χ0n) is 17.0. The van der Waals surface area contributed by atoms with Gasteiger partial charge in [-0.2, -0.15) is 5.10 Å². The Kier molecular flexibility index (Phi) is 10.4. The Morgan fingerprint density at radius 1 is 1.15 bits per heavy atom. The number of nitrogens with one attached hydrogen (secondary N) is 2. The molecule has 0 aliphatic rings. The van der Waals surface area contributed by atoms with Gasteiger partial charge in [0.1, 0.15) is 0 Å². The van der Waals surface area contributed by atoms with Crippen molar-refractivity contribution < 1.29 is 4.74 Å². The van der Waals surface area contributed by atoms with Gasteiger partial charge in [0.25, 0.3) is 0 Å². The van der Waals surface area contributed by atoms with Crippen molar-refractivity contribution in [3.05, 3.63) is 52.3 Å². The van der Waals surface area contributed by atoms with Crippen LogP contribution in [-0.2, 0) is 31.5 Å². The second-order valence-corrected chi connectivity index (χ2v) is 6.23. The molecular formula is C20H32IN5O. The number of nitrogens with zero attached hydrogens (tertiary/aromatic N) is 3. The molecule has 0 amide bonds. The van der Waals surface area contributed by atoms with E-state index in [2.05, 4.69) is 41.7 Å². The van der Waals surface area contributed by atoms with Gasteiger partial charge in [-0.15, -0.1) is 24.0 Å². The van der Waals surface area contributed by atoms with Gasteiger partial charge >= 0.3 is 0 Å². The van der Waals surface area contributed by atoms with Crippen molar-refractivity contribution in [3.8, 4) is 0 Å². The van der Waals surface area contributed by atoms with E-state index in [9.17, 15) is 0 Å². The first-order valence-electron chi connectivity index (χ1n) is 9.22. The molecule has 2 aromatic rings. The third-order valence-corrected chi connectivity index (χ3v) is 4.42. The van der Waals surface area contributed by atoms with Crippen molar-refractivity contribution >= 4 is 29.9 Å². The van der Waals surface area contributed by atoms with Crippen LogP contribution in [-0.4, -0.2) is 28.9 Å². The van der Waals surface area contributed by atoms with Gasteiger partial charge in [-0.1, -0.05) is 24.3 Å². The lowest BCUT2D eigenvalue weighted by Crippen LogP contribution is -2.37. The summed E-state index contributed by atoms with van der Waals surface area (Å²) in [5.41, 5.74) is 5.82. The van der Waals surface area contributed by atoms with E-state index in [4.69, 9.17) is 9.73 Å². The number of guanidine groups is 1. The molecule has 0 fully saturated rings. The third-order valence-electron chi connectivity index (χ3n) is 4.42. The molecule has 0 aliphatic heterocycles. The van der Waals surface area contributed by atoms with Gasteiger partial charge in [-0.25, -0.2) is 4.99 Å². The fourth-order valence-electron chi connectivity index (χ4n) is 2.82. The molecule has 27 heavy (non-hydrogen) atoms. The van der Waals surface area contributed by atoms with Crippen LogP contribution in [0.3, 0.4) is 0 Å². The van der Waals surface area contributed by atoms with Crippen LogP contribution in [0.1, 0.15) is 41.9 Å². The van der Waals surface area contributed by atoms with Crippen LogP contribution in [0.25, 0.3) is 0 Å². The number of aromatic nitrogens is 2. The summed E-state index contributed by atoms with van der Waals surface area (Å²) in [6.45, 7) is 11.7. The van der Waals surface area contributed by atoms with Crippen molar-refractivity contribution in [1.29, 1.82) is 0 Å². The molecule has 2 N–H and O–H groups in total. The minimum Gasteiger partial charge on any atom is -0.377 e. The maximum absolute atomic E-state index is 5.56. The summed E-state index contributed by atoms with van der Waals surface area (Å²) in [6.07, 6.45) is 0. The van der Waals surface area contributed by atoms with E-state index < -0.39 is 0 Å². The first kappa shape index (κ1) is 23.4. The average molecular weight is 485 g/mol. The van der Waals surface area contributed by atoms with E-state index in [1.807, 2.05) is 37.7 Å². The number of aryl methyl sites for hydroxylation is 2. The lowest BCUT2D eigenvalue weighted by molar-refractivity contribution is 0.133. The van der Waals surface area contributed by atoms with E-state index in [-0.39, 0.29) is 24.0 Å². The highest BCUT2D eigenvalue weighted by Crippen LogP contribution is 2.13. The maximum atomic E-state index is 5.56. The smallest absolute Gasteiger partial charge is 0.191 e. The molecule has 2 rings (SSSR count). The molecule has 0 radical (unpaired) electrons. The third kappa shape index (κ3) is 6.80. The number of hydrogen-bond acceptors (Lipinski definition) is 3. The van der Waals surface area contributed by atoms with Gasteiger partial charge in [0.15, 0.2) is 5.96 Å². The number of rotatable bonds is 8. The molecule has 0 saturated heterocycles. The summed E-state index contributed by atoms with van der Waals surface area (Å²) >= 11 is 0. The van der Waals surface area contributed by atoms with Crippen molar-refractivity contribution in [3.63, 3.8) is 0 Å². The number of halogens is 1. The van der Waals surface area contributed by atoms with Crippen LogP contribution in [0, 0.1) is 13.8 Å². The SMILES string of the molecule is CCNC(=NCc1ccccc1COCC)NCc1c(C)nn(C)c1C.I.